The quantitative estimate of drug-likeness (QED) is 0.874. The Labute approximate surface area is 139 Å². The van der Waals surface area contributed by atoms with Gasteiger partial charge in [-0.05, 0) is 56.0 Å². The molecule has 1 amide bonds. The molecule has 1 aromatic rings. The molecular formula is C17H27ClN2O2. The molecule has 0 spiro atoms. The molecule has 0 aliphatic carbocycles. The number of benzene rings is 1. The Bertz CT molecular complexity index is 462. The van der Waals surface area contributed by atoms with Crippen molar-refractivity contribution in [1.29, 1.82) is 0 Å². The van der Waals surface area contributed by atoms with Gasteiger partial charge in [0.1, 0.15) is 5.75 Å². The number of piperidine rings is 1. The summed E-state index contributed by atoms with van der Waals surface area (Å²) in [4.78, 5) is 14.0. The van der Waals surface area contributed by atoms with Crippen molar-refractivity contribution in [1.82, 2.24) is 10.2 Å². The number of rotatable bonds is 6. The molecule has 0 aromatic heterocycles. The van der Waals surface area contributed by atoms with Crippen molar-refractivity contribution < 1.29 is 9.53 Å². The van der Waals surface area contributed by atoms with Crippen LogP contribution in [0.3, 0.4) is 0 Å². The molecule has 0 atom stereocenters. The van der Waals surface area contributed by atoms with Gasteiger partial charge in [-0.3, -0.25) is 4.79 Å². The molecule has 0 radical (unpaired) electrons. The summed E-state index contributed by atoms with van der Waals surface area (Å²) in [6, 6.07) is 7.89. The molecule has 0 bridgehead atoms. The molecule has 1 saturated heterocycles. The summed E-state index contributed by atoms with van der Waals surface area (Å²) in [5.41, 5.74) is 1.10. The minimum Gasteiger partial charge on any atom is -0.497 e. The summed E-state index contributed by atoms with van der Waals surface area (Å²) in [7, 11) is 3.54. The number of nitrogens with zero attached hydrogens (tertiary/aromatic N) is 1. The van der Waals surface area contributed by atoms with Crippen molar-refractivity contribution >= 4 is 18.3 Å². The van der Waals surface area contributed by atoms with E-state index >= 15 is 0 Å². The van der Waals surface area contributed by atoms with Crippen LogP contribution < -0.4 is 10.1 Å². The zero-order valence-electron chi connectivity index (χ0n) is 13.5. The average Bonchev–Trinajstić information content (AvgIpc) is 2.53. The third-order valence-electron chi connectivity index (χ3n) is 4.20. The van der Waals surface area contributed by atoms with E-state index in [0.717, 1.165) is 30.8 Å². The van der Waals surface area contributed by atoms with E-state index in [1.54, 1.807) is 7.11 Å². The molecule has 22 heavy (non-hydrogen) atoms. The predicted molar refractivity (Wildman–Crippen MR) is 91.5 cm³/mol. The molecule has 1 N–H and O–H groups in total. The zero-order valence-corrected chi connectivity index (χ0v) is 14.3. The van der Waals surface area contributed by atoms with Crippen LogP contribution in [0.1, 0.15) is 31.2 Å². The number of nitrogens with one attached hydrogen (secondary N) is 1. The molecule has 2 rings (SSSR count). The maximum absolute atomic E-state index is 12.2. The summed E-state index contributed by atoms with van der Waals surface area (Å²) in [6.45, 7) is 2.83. The third kappa shape index (κ3) is 5.85. The predicted octanol–water partition coefficient (Wildman–Crippen LogP) is 2.86. The van der Waals surface area contributed by atoms with Gasteiger partial charge < -0.3 is 15.0 Å². The van der Waals surface area contributed by atoms with Crippen molar-refractivity contribution in [3.05, 3.63) is 29.8 Å². The Hall–Kier alpha value is -1.26. The molecule has 124 valence electrons. The van der Waals surface area contributed by atoms with E-state index in [2.05, 4.69) is 5.32 Å². The van der Waals surface area contributed by atoms with Gasteiger partial charge in [-0.25, -0.2) is 0 Å². The monoisotopic (exact) mass is 326 g/mol. The van der Waals surface area contributed by atoms with Gasteiger partial charge in [-0.15, -0.1) is 12.4 Å². The Morgan fingerprint density at radius 2 is 2.09 bits per heavy atom. The van der Waals surface area contributed by atoms with Crippen molar-refractivity contribution in [3.8, 4) is 5.75 Å². The summed E-state index contributed by atoms with van der Waals surface area (Å²) < 4.78 is 5.21. The third-order valence-corrected chi connectivity index (χ3v) is 4.20. The highest BCUT2D eigenvalue weighted by Gasteiger charge is 2.16. The van der Waals surface area contributed by atoms with E-state index in [0.29, 0.717) is 18.9 Å². The summed E-state index contributed by atoms with van der Waals surface area (Å²) in [5, 5.41) is 3.36. The number of carbonyl (C=O) groups excluding carboxylic acids is 1. The number of carbonyl (C=O) groups is 1. The van der Waals surface area contributed by atoms with E-state index in [1.807, 2.05) is 36.2 Å². The average molecular weight is 327 g/mol. The van der Waals surface area contributed by atoms with Gasteiger partial charge in [0, 0.05) is 20.0 Å². The van der Waals surface area contributed by atoms with E-state index in [9.17, 15) is 4.79 Å². The van der Waals surface area contributed by atoms with Crippen LogP contribution in [0.4, 0.5) is 0 Å². The van der Waals surface area contributed by atoms with Crippen LogP contribution in [0.5, 0.6) is 5.75 Å². The van der Waals surface area contributed by atoms with Crippen LogP contribution in [0.2, 0.25) is 0 Å². The van der Waals surface area contributed by atoms with E-state index in [1.165, 1.54) is 12.8 Å². The van der Waals surface area contributed by atoms with Crippen molar-refractivity contribution in [3.63, 3.8) is 0 Å². The second kappa shape index (κ2) is 9.70. The maximum Gasteiger partial charge on any atom is 0.222 e. The highest BCUT2D eigenvalue weighted by Crippen LogP contribution is 2.19. The first-order valence-corrected chi connectivity index (χ1v) is 7.76. The van der Waals surface area contributed by atoms with Gasteiger partial charge in [0.05, 0.1) is 7.11 Å². The lowest BCUT2D eigenvalue weighted by atomic mass is 9.93. The van der Waals surface area contributed by atoms with Crippen molar-refractivity contribution in [2.24, 2.45) is 5.92 Å². The van der Waals surface area contributed by atoms with Crippen molar-refractivity contribution in [2.75, 3.05) is 27.2 Å². The lowest BCUT2D eigenvalue weighted by molar-refractivity contribution is -0.130. The number of hydrogen-bond acceptors (Lipinski definition) is 3. The van der Waals surface area contributed by atoms with Crippen LogP contribution in [0, 0.1) is 5.92 Å². The van der Waals surface area contributed by atoms with E-state index < -0.39 is 0 Å². The van der Waals surface area contributed by atoms with Gasteiger partial charge in [0.2, 0.25) is 5.91 Å². The first-order valence-electron chi connectivity index (χ1n) is 7.76. The number of hydrogen-bond donors (Lipinski definition) is 1. The Balaban J connectivity index is 0.00000242. The molecule has 4 nitrogen and oxygen atoms in total. The smallest absolute Gasteiger partial charge is 0.222 e. The molecule has 5 heteroatoms. The molecule has 1 fully saturated rings. The molecule has 1 heterocycles. The lowest BCUT2D eigenvalue weighted by Crippen LogP contribution is -2.30. The Morgan fingerprint density at radius 1 is 1.36 bits per heavy atom. The van der Waals surface area contributed by atoms with Crippen LogP contribution in [-0.2, 0) is 11.3 Å². The zero-order chi connectivity index (χ0) is 15.1. The number of halogens is 1. The molecule has 1 aliphatic rings. The van der Waals surface area contributed by atoms with Crippen LogP contribution in [-0.4, -0.2) is 38.1 Å². The van der Waals surface area contributed by atoms with Crippen LogP contribution >= 0.6 is 12.4 Å². The van der Waals surface area contributed by atoms with Gasteiger partial charge in [-0.2, -0.15) is 0 Å². The topological polar surface area (TPSA) is 41.6 Å². The summed E-state index contributed by atoms with van der Waals surface area (Å²) in [5.74, 6) is 1.78. The van der Waals surface area contributed by atoms with Crippen molar-refractivity contribution in [2.45, 2.75) is 32.2 Å². The first kappa shape index (κ1) is 18.8. The lowest BCUT2D eigenvalue weighted by Gasteiger charge is -2.23. The Morgan fingerprint density at radius 3 is 2.77 bits per heavy atom. The van der Waals surface area contributed by atoms with Crippen LogP contribution in [0.15, 0.2) is 24.3 Å². The normalized spacial score (nSPS) is 15.0. The number of ether oxygens (including phenoxy) is 1. The fourth-order valence-corrected chi connectivity index (χ4v) is 2.82. The van der Waals surface area contributed by atoms with Gasteiger partial charge >= 0.3 is 0 Å². The van der Waals surface area contributed by atoms with E-state index in [4.69, 9.17) is 4.74 Å². The van der Waals surface area contributed by atoms with E-state index in [-0.39, 0.29) is 18.3 Å². The molecule has 0 saturated carbocycles. The van der Waals surface area contributed by atoms with Gasteiger partial charge in [0.15, 0.2) is 0 Å². The highest BCUT2D eigenvalue weighted by atomic mass is 35.5. The largest absolute Gasteiger partial charge is 0.497 e. The second-order valence-electron chi connectivity index (χ2n) is 5.83. The number of methoxy groups -OCH3 is 1. The Kier molecular flexibility index (Phi) is 8.28. The number of amides is 1. The molecular weight excluding hydrogens is 300 g/mol. The van der Waals surface area contributed by atoms with Gasteiger partial charge in [-0.1, -0.05) is 12.1 Å². The molecule has 0 unspecified atom stereocenters. The fourth-order valence-electron chi connectivity index (χ4n) is 2.82. The standard InChI is InChI=1S/C17H26N2O2.ClH/c1-19(13-15-4-3-5-16(12-15)21-2)17(20)7-6-14-8-10-18-11-9-14;/h3-5,12,14,18H,6-11,13H2,1-2H3;1H. The fraction of sp³-hybridized carbons (Fsp3) is 0.588. The molecule has 1 aliphatic heterocycles. The minimum absolute atomic E-state index is 0. The maximum atomic E-state index is 12.2. The SMILES string of the molecule is COc1cccc(CN(C)C(=O)CCC2CCNCC2)c1.Cl. The van der Waals surface area contributed by atoms with Gasteiger partial charge in [0.25, 0.3) is 0 Å². The summed E-state index contributed by atoms with van der Waals surface area (Å²) in [6.07, 6.45) is 4.08. The highest BCUT2D eigenvalue weighted by molar-refractivity contribution is 5.85. The first-order chi connectivity index (χ1) is 10.2. The molecule has 1 aromatic carbocycles. The minimum atomic E-state index is 0. The summed E-state index contributed by atoms with van der Waals surface area (Å²) >= 11 is 0. The second-order valence-corrected chi connectivity index (χ2v) is 5.83. The van der Waals surface area contributed by atoms with Crippen LogP contribution in [0.25, 0.3) is 0 Å².